The molecular formula is C12H16ClN3O. The van der Waals surface area contributed by atoms with Gasteiger partial charge in [-0.2, -0.15) is 0 Å². The molecule has 1 amide bonds. The maximum absolute atomic E-state index is 11.9. The molecule has 1 fully saturated rings. The highest BCUT2D eigenvalue weighted by Gasteiger charge is 2.21. The molecule has 1 atom stereocenters. The van der Waals surface area contributed by atoms with Crippen molar-refractivity contribution in [3.63, 3.8) is 0 Å². The van der Waals surface area contributed by atoms with Crippen LogP contribution < -0.4 is 5.32 Å². The molecule has 1 aliphatic rings. The first-order valence-electron chi connectivity index (χ1n) is 5.76. The van der Waals surface area contributed by atoms with Crippen LogP contribution in [0, 0.1) is 0 Å². The second-order valence-corrected chi connectivity index (χ2v) is 4.75. The third kappa shape index (κ3) is 2.96. The molecule has 0 spiro atoms. The van der Waals surface area contributed by atoms with Gasteiger partial charge in [0, 0.05) is 25.0 Å². The molecule has 0 aliphatic carbocycles. The number of nitrogens with zero attached hydrogens (tertiary/aromatic N) is 2. The van der Waals surface area contributed by atoms with Gasteiger partial charge in [0.15, 0.2) is 0 Å². The van der Waals surface area contributed by atoms with E-state index in [1.165, 1.54) is 12.6 Å². The molecule has 92 valence electrons. The Hall–Kier alpha value is -1.13. The zero-order chi connectivity index (χ0) is 12.3. The zero-order valence-electron chi connectivity index (χ0n) is 9.82. The van der Waals surface area contributed by atoms with E-state index in [2.05, 4.69) is 22.2 Å². The molecule has 1 aromatic heterocycles. The van der Waals surface area contributed by atoms with Crippen molar-refractivity contribution in [2.45, 2.75) is 18.9 Å². The van der Waals surface area contributed by atoms with Crippen LogP contribution in [0.4, 0.5) is 0 Å². The number of hydrogen-bond acceptors (Lipinski definition) is 3. The first-order valence-corrected chi connectivity index (χ1v) is 6.14. The first-order chi connectivity index (χ1) is 8.18. The zero-order valence-corrected chi connectivity index (χ0v) is 10.6. The number of hydrogen-bond donors (Lipinski definition) is 1. The third-order valence-electron chi connectivity index (χ3n) is 3.18. The van der Waals surface area contributed by atoms with Gasteiger partial charge in [-0.15, -0.1) is 0 Å². The smallest absolute Gasteiger partial charge is 0.254 e. The van der Waals surface area contributed by atoms with E-state index < -0.39 is 0 Å². The molecule has 1 aliphatic heterocycles. The summed E-state index contributed by atoms with van der Waals surface area (Å²) in [4.78, 5) is 18.0. The minimum absolute atomic E-state index is 0.150. The summed E-state index contributed by atoms with van der Waals surface area (Å²) in [5, 5.41) is 3.35. The Kier molecular flexibility index (Phi) is 3.97. The van der Waals surface area contributed by atoms with Gasteiger partial charge in [-0.3, -0.25) is 9.78 Å². The Bertz CT molecular complexity index is 410. The normalized spacial score (nSPS) is 20.5. The van der Waals surface area contributed by atoms with Crippen LogP contribution in [0.1, 0.15) is 23.2 Å². The Morgan fingerprint density at radius 2 is 2.53 bits per heavy atom. The molecule has 1 unspecified atom stereocenters. The predicted molar refractivity (Wildman–Crippen MR) is 67.2 cm³/mol. The lowest BCUT2D eigenvalue weighted by Gasteiger charge is -2.19. The van der Waals surface area contributed by atoms with Crippen molar-refractivity contribution in [2.75, 3.05) is 20.1 Å². The number of halogens is 1. The number of carbonyl (C=O) groups is 1. The lowest BCUT2D eigenvalue weighted by molar-refractivity contribution is 0.0943. The van der Waals surface area contributed by atoms with Gasteiger partial charge in [0.25, 0.3) is 5.91 Å². The largest absolute Gasteiger partial charge is 0.350 e. The molecule has 2 heterocycles. The summed E-state index contributed by atoms with van der Waals surface area (Å²) in [5.74, 6) is -0.150. The van der Waals surface area contributed by atoms with Crippen LogP contribution in [0.5, 0.6) is 0 Å². The molecule has 5 heteroatoms. The van der Waals surface area contributed by atoms with E-state index in [0.717, 1.165) is 13.0 Å². The van der Waals surface area contributed by atoms with E-state index in [1.807, 2.05) is 0 Å². The lowest BCUT2D eigenvalue weighted by Crippen LogP contribution is -2.38. The Morgan fingerprint density at radius 3 is 3.18 bits per heavy atom. The van der Waals surface area contributed by atoms with Crippen molar-refractivity contribution in [1.82, 2.24) is 15.2 Å². The van der Waals surface area contributed by atoms with Crippen LogP contribution in [0.2, 0.25) is 5.02 Å². The minimum atomic E-state index is -0.150. The van der Waals surface area contributed by atoms with E-state index in [0.29, 0.717) is 23.2 Å². The fourth-order valence-electron chi connectivity index (χ4n) is 2.09. The van der Waals surface area contributed by atoms with Crippen LogP contribution in [0.15, 0.2) is 18.5 Å². The molecule has 1 saturated heterocycles. The van der Waals surface area contributed by atoms with Crippen molar-refractivity contribution in [2.24, 2.45) is 0 Å². The van der Waals surface area contributed by atoms with Crippen molar-refractivity contribution in [3.8, 4) is 0 Å². The highest BCUT2D eigenvalue weighted by Crippen LogP contribution is 2.15. The highest BCUT2D eigenvalue weighted by molar-refractivity contribution is 6.33. The highest BCUT2D eigenvalue weighted by atomic mass is 35.5. The Balaban J connectivity index is 1.91. The summed E-state index contributed by atoms with van der Waals surface area (Å²) < 4.78 is 0. The molecule has 0 aromatic carbocycles. The molecule has 1 aromatic rings. The SMILES string of the molecule is CN1CCCC1CNC(=O)c1cnccc1Cl. The predicted octanol–water partition coefficient (Wildman–Crippen LogP) is 1.56. The van der Waals surface area contributed by atoms with Crippen molar-refractivity contribution in [3.05, 3.63) is 29.0 Å². The van der Waals surface area contributed by atoms with Gasteiger partial charge in [0.1, 0.15) is 0 Å². The molecular weight excluding hydrogens is 238 g/mol. The average molecular weight is 254 g/mol. The number of rotatable bonds is 3. The topological polar surface area (TPSA) is 45.2 Å². The first kappa shape index (κ1) is 12.3. The molecule has 1 N–H and O–H groups in total. The second kappa shape index (κ2) is 5.47. The molecule has 0 saturated carbocycles. The number of pyridine rings is 1. The maximum atomic E-state index is 11.9. The maximum Gasteiger partial charge on any atom is 0.254 e. The van der Waals surface area contributed by atoms with Crippen LogP contribution >= 0.6 is 11.6 Å². The number of aromatic nitrogens is 1. The van der Waals surface area contributed by atoms with E-state index in [1.54, 1.807) is 12.3 Å². The van der Waals surface area contributed by atoms with Crippen molar-refractivity contribution in [1.29, 1.82) is 0 Å². The van der Waals surface area contributed by atoms with Gasteiger partial charge in [-0.1, -0.05) is 11.6 Å². The van der Waals surface area contributed by atoms with Crippen molar-refractivity contribution < 1.29 is 4.79 Å². The summed E-state index contributed by atoms with van der Waals surface area (Å²) in [7, 11) is 2.08. The quantitative estimate of drug-likeness (QED) is 0.889. The Morgan fingerprint density at radius 1 is 1.71 bits per heavy atom. The fraction of sp³-hybridized carbons (Fsp3) is 0.500. The molecule has 0 radical (unpaired) electrons. The van der Waals surface area contributed by atoms with Crippen LogP contribution in [-0.4, -0.2) is 42.0 Å². The summed E-state index contributed by atoms with van der Waals surface area (Å²) in [6.07, 6.45) is 5.40. The van der Waals surface area contributed by atoms with Gasteiger partial charge in [0.2, 0.25) is 0 Å². The number of likely N-dealkylation sites (tertiary alicyclic amines) is 1. The molecule has 17 heavy (non-hydrogen) atoms. The van der Waals surface area contributed by atoms with Gasteiger partial charge < -0.3 is 10.2 Å². The van der Waals surface area contributed by atoms with Gasteiger partial charge in [-0.25, -0.2) is 0 Å². The second-order valence-electron chi connectivity index (χ2n) is 4.34. The molecule has 2 rings (SSSR count). The van der Waals surface area contributed by atoms with Crippen LogP contribution in [-0.2, 0) is 0 Å². The summed E-state index contributed by atoms with van der Waals surface area (Å²) in [6, 6.07) is 2.06. The van der Waals surface area contributed by atoms with Crippen LogP contribution in [0.3, 0.4) is 0 Å². The van der Waals surface area contributed by atoms with E-state index in [4.69, 9.17) is 11.6 Å². The molecule has 4 nitrogen and oxygen atoms in total. The monoisotopic (exact) mass is 253 g/mol. The van der Waals surface area contributed by atoms with Gasteiger partial charge in [0.05, 0.1) is 10.6 Å². The standard InChI is InChI=1S/C12H16ClN3O/c1-16-6-2-3-9(16)7-15-12(17)10-8-14-5-4-11(10)13/h4-5,8-9H,2-3,6-7H2,1H3,(H,15,17). The van der Waals surface area contributed by atoms with Crippen LogP contribution in [0.25, 0.3) is 0 Å². The van der Waals surface area contributed by atoms with Gasteiger partial charge in [-0.05, 0) is 32.5 Å². The van der Waals surface area contributed by atoms with Gasteiger partial charge >= 0.3 is 0 Å². The number of nitrogens with one attached hydrogen (secondary N) is 1. The minimum Gasteiger partial charge on any atom is -0.350 e. The number of carbonyl (C=O) groups excluding carboxylic acids is 1. The number of amides is 1. The third-order valence-corrected chi connectivity index (χ3v) is 3.51. The van der Waals surface area contributed by atoms with E-state index in [9.17, 15) is 4.79 Å². The van der Waals surface area contributed by atoms with E-state index in [-0.39, 0.29) is 5.91 Å². The summed E-state index contributed by atoms with van der Waals surface area (Å²) >= 11 is 5.93. The van der Waals surface area contributed by atoms with E-state index >= 15 is 0 Å². The number of likely N-dealkylation sites (N-methyl/N-ethyl adjacent to an activating group) is 1. The Labute approximate surface area is 106 Å². The summed E-state index contributed by atoms with van der Waals surface area (Å²) in [6.45, 7) is 1.77. The summed E-state index contributed by atoms with van der Waals surface area (Å²) in [5.41, 5.74) is 0.440. The average Bonchev–Trinajstić information content (AvgIpc) is 2.72. The van der Waals surface area contributed by atoms with Crippen molar-refractivity contribution >= 4 is 17.5 Å². The molecule has 0 bridgehead atoms. The lowest BCUT2D eigenvalue weighted by atomic mass is 10.2. The fourth-order valence-corrected chi connectivity index (χ4v) is 2.28.